The number of aryl methyl sites for hydroxylation is 2. The van der Waals surface area contributed by atoms with Crippen LogP contribution in [0.15, 0.2) is 59.6 Å². The normalized spacial score (nSPS) is 10.2. The molecule has 3 aromatic rings. The molecule has 140 valence electrons. The van der Waals surface area contributed by atoms with Gasteiger partial charge in [0, 0.05) is 22.3 Å². The third kappa shape index (κ3) is 4.33. The van der Waals surface area contributed by atoms with Gasteiger partial charge in [0.15, 0.2) is 0 Å². The van der Waals surface area contributed by atoms with E-state index in [9.17, 15) is 4.79 Å². The third-order valence-corrected chi connectivity index (χ3v) is 4.97. The first-order valence-corrected chi connectivity index (χ1v) is 9.84. The van der Waals surface area contributed by atoms with E-state index in [1.54, 1.807) is 48.3 Å². The van der Waals surface area contributed by atoms with Gasteiger partial charge in [-0.15, -0.1) is 11.8 Å². The van der Waals surface area contributed by atoms with E-state index in [4.69, 9.17) is 10.00 Å². The zero-order valence-electron chi connectivity index (χ0n) is 15.8. The average Bonchev–Trinajstić information content (AvgIpc) is 2.70. The number of aromatic nitrogens is 1. The molecule has 0 aliphatic heterocycles. The van der Waals surface area contributed by atoms with Crippen LogP contribution in [0.1, 0.15) is 27.0 Å². The van der Waals surface area contributed by atoms with Gasteiger partial charge in [-0.1, -0.05) is 6.07 Å². The van der Waals surface area contributed by atoms with Crippen LogP contribution in [-0.4, -0.2) is 17.1 Å². The Bertz CT molecular complexity index is 1070. The summed E-state index contributed by atoms with van der Waals surface area (Å²) in [4.78, 5) is 17.9. The maximum absolute atomic E-state index is 12.7. The van der Waals surface area contributed by atoms with Crippen molar-refractivity contribution in [2.45, 2.75) is 18.7 Å². The fraction of sp³-hybridized carbons (Fsp3) is 0.136. The van der Waals surface area contributed by atoms with E-state index in [-0.39, 0.29) is 11.8 Å². The van der Waals surface area contributed by atoms with Crippen molar-refractivity contribution in [1.82, 2.24) is 4.98 Å². The SMILES string of the molecule is CSc1ccc(C)c(C(=O)Nc2ccc(Oc3ncccc3C#N)cc2C)c1. The zero-order chi connectivity index (χ0) is 20.1. The molecule has 0 fully saturated rings. The summed E-state index contributed by atoms with van der Waals surface area (Å²) in [6, 6.07) is 16.6. The van der Waals surface area contributed by atoms with Gasteiger partial charge in [-0.3, -0.25) is 4.79 Å². The van der Waals surface area contributed by atoms with Crippen LogP contribution in [0.3, 0.4) is 0 Å². The Morgan fingerprint density at radius 1 is 1.14 bits per heavy atom. The maximum Gasteiger partial charge on any atom is 0.255 e. The molecule has 0 unspecified atom stereocenters. The minimum atomic E-state index is -0.151. The first-order valence-electron chi connectivity index (χ1n) is 8.61. The lowest BCUT2D eigenvalue weighted by molar-refractivity contribution is 0.102. The molecule has 1 heterocycles. The Morgan fingerprint density at radius 2 is 1.96 bits per heavy atom. The molecule has 1 aromatic heterocycles. The Balaban J connectivity index is 1.80. The fourth-order valence-electron chi connectivity index (χ4n) is 2.67. The third-order valence-electron chi connectivity index (χ3n) is 4.24. The Labute approximate surface area is 168 Å². The van der Waals surface area contributed by atoms with Crippen molar-refractivity contribution in [1.29, 1.82) is 5.26 Å². The highest BCUT2D eigenvalue weighted by molar-refractivity contribution is 7.98. The van der Waals surface area contributed by atoms with Gasteiger partial charge < -0.3 is 10.1 Å². The number of hydrogen-bond donors (Lipinski definition) is 1. The highest BCUT2D eigenvalue weighted by Gasteiger charge is 2.13. The summed E-state index contributed by atoms with van der Waals surface area (Å²) in [7, 11) is 0. The molecule has 3 rings (SSSR count). The number of hydrogen-bond acceptors (Lipinski definition) is 5. The number of carbonyl (C=O) groups is 1. The predicted molar refractivity (Wildman–Crippen MR) is 111 cm³/mol. The molecule has 6 heteroatoms. The zero-order valence-corrected chi connectivity index (χ0v) is 16.6. The molecule has 2 aromatic carbocycles. The molecule has 1 amide bonds. The number of benzene rings is 2. The lowest BCUT2D eigenvalue weighted by atomic mass is 10.1. The van der Waals surface area contributed by atoms with Crippen LogP contribution in [0, 0.1) is 25.2 Å². The molecule has 1 N–H and O–H groups in total. The van der Waals surface area contributed by atoms with Crippen LogP contribution >= 0.6 is 11.8 Å². The van der Waals surface area contributed by atoms with Gasteiger partial charge in [0.25, 0.3) is 5.91 Å². The van der Waals surface area contributed by atoms with Crippen LogP contribution in [-0.2, 0) is 0 Å². The topological polar surface area (TPSA) is 75.0 Å². The van der Waals surface area contributed by atoms with Gasteiger partial charge in [-0.25, -0.2) is 4.98 Å². The first-order chi connectivity index (χ1) is 13.5. The maximum atomic E-state index is 12.7. The molecule has 0 aliphatic carbocycles. The van der Waals surface area contributed by atoms with Crippen molar-refractivity contribution >= 4 is 23.4 Å². The number of ether oxygens (including phenoxy) is 1. The predicted octanol–water partition coefficient (Wildman–Crippen LogP) is 5.34. The van der Waals surface area contributed by atoms with Crippen molar-refractivity contribution in [3.05, 3.63) is 77.0 Å². The molecule has 0 radical (unpaired) electrons. The van der Waals surface area contributed by atoms with E-state index in [2.05, 4.69) is 16.4 Å². The van der Waals surface area contributed by atoms with E-state index in [1.807, 2.05) is 38.3 Å². The monoisotopic (exact) mass is 389 g/mol. The minimum absolute atomic E-state index is 0.151. The molecule has 5 nitrogen and oxygen atoms in total. The molecular formula is C22H19N3O2S. The largest absolute Gasteiger partial charge is 0.438 e. The summed E-state index contributed by atoms with van der Waals surface area (Å²) >= 11 is 1.60. The van der Waals surface area contributed by atoms with Crippen LogP contribution in [0.4, 0.5) is 5.69 Å². The second kappa shape index (κ2) is 8.59. The number of rotatable bonds is 5. The molecule has 0 atom stereocenters. The Hall–Kier alpha value is -3.30. The number of anilines is 1. The quantitative estimate of drug-likeness (QED) is 0.596. The summed E-state index contributed by atoms with van der Waals surface area (Å²) < 4.78 is 5.73. The molecule has 0 saturated carbocycles. The number of amides is 1. The molecule has 0 bridgehead atoms. The number of thioether (sulfide) groups is 1. The average molecular weight is 389 g/mol. The number of nitriles is 1. The molecule has 28 heavy (non-hydrogen) atoms. The van der Waals surface area contributed by atoms with Gasteiger partial charge >= 0.3 is 0 Å². The lowest BCUT2D eigenvalue weighted by Crippen LogP contribution is -2.14. The van der Waals surface area contributed by atoms with E-state index in [0.29, 0.717) is 22.6 Å². The highest BCUT2D eigenvalue weighted by atomic mass is 32.2. The number of pyridine rings is 1. The van der Waals surface area contributed by atoms with Gasteiger partial charge in [-0.2, -0.15) is 5.26 Å². The van der Waals surface area contributed by atoms with E-state index >= 15 is 0 Å². The smallest absolute Gasteiger partial charge is 0.255 e. The van der Waals surface area contributed by atoms with Gasteiger partial charge in [0.05, 0.1) is 0 Å². The molecule has 0 saturated heterocycles. The van der Waals surface area contributed by atoms with E-state index < -0.39 is 0 Å². The van der Waals surface area contributed by atoms with Crippen molar-refractivity contribution in [2.75, 3.05) is 11.6 Å². The second-order valence-corrected chi connectivity index (χ2v) is 7.06. The molecule has 0 spiro atoms. The number of carbonyl (C=O) groups excluding carboxylic acids is 1. The Kier molecular flexibility index (Phi) is 5.97. The van der Waals surface area contributed by atoms with Crippen LogP contribution < -0.4 is 10.1 Å². The van der Waals surface area contributed by atoms with Crippen molar-refractivity contribution in [3.63, 3.8) is 0 Å². The summed E-state index contributed by atoms with van der Waals surface area (Å²) in [5, 5.41) is 12.1. The minimum Gasteiger partial charge on any atom is -0.438 e. The standard InChI is InChI=1S/C22H19N3O2S/c1-14-6-8-18(28-3)12-19(14)21(26)25-20-9-7-17(11-15(20)2)27-22-16(13-23)5-4-10-24-22/h4-12H,1-3H3,(H,25,26). The van der Waals surface area contributed by atoms with Crippen molar-refractivity contribution in [3.8, 4) is 17.7 Å². The van der Waals surface area contributed by atoms with Crippen molar-refractivity contribution in [2.24, 2.45) is 0 Å². The summed E-state index contributed by atoms with van der Waals surface area (Å²) in [6.45, 7) is 3.81. The van der Waals surface area contributed by atoms with Gasteiger partial charge in [0.2, 0.25) is 5.88 Å². The molecule has 0 aliphatic rings. The molecular weight excluding hydrogens is 370 g/mol. The highest BCUT2D eigenvalue weighted by Crippen LogP contribution is 2.27. The van der Waals surface area contributed by atoms with Crippen LogP contribution in [0.5, 0.6) is 11.6 Å². The van der Waals surface area contributed by atoms with Crippen molar-refractivity contribution < 1.29 is 9.53 Å². The number of nitrogens with one attached hydrogen (secondary N) is 1. The lowest BCUT2D eigenvalue weighted by Gasteiger charge is -2.13. The Morgan fingerprint density at radius 3 is 2.68 bits per heavy atom. The summed E-state index contributed by atoms with van der Waals surface area (Å²) in [6.07, 6.45) is 3.55. The van der Waals surface area contributed by atoms with Crippen LogP contribution in [0.2, 0.25) is 0 Å². The van der Waals surface area contributed by atoms with E-state index in [0.717, 1.165) is 16.0 Å². The summed E-state index contributed by atoms with van der Waals surface area (Å²) in [5.41, 5.74) is 3.49. The van der Waals surface area contributed by atoms with Gasteiger partial charge in [-0.05, 0) is 73.7 Å². The van der Waals surface area contributed by atoms with Gasteiger partial charge in [0.1, 0.15) is 17.4 Å². The fourth-order valence-corrected chi connectivity index (χ4v) is 3.11. The van der Waals surface area contributed by atoms with E-state index in [1.165, 1.54) is 0 Å². The van der Waals surface area contributed by atoms with Crippen LogP contribution in [0.25, 0.3) is 0 Å². The first kappa shape index (κ1) is 19.5. The second-order valence-electron chi connectivity index (χ2n) is 6.18. The number of nitrogens with zero attached hydrogens (tertiary/aromatic N) is 2. The summed E-state index contributed by atoms with van der Waals surface area (Å²) in [5.74, 6) is 0.651.